The number of ether oxygens (including phenoxy) is 1. The van der Waals surface area contributed by atoms with Gasteiger partial charge < -0.3 is 19.8 Å². The van der Waals surface area contributed by atoms with E-state index in [0.717, 1.165) is 36.5 Å². The largest absolute Gasteiger partial charge is 0.506 e. The number of piperidine rings is 1. The average molecular weight is 488 g/mol. The molecule has 1 fully saturated rings. The lowest BCUT2D eigenvalue weighted by Gasteiger charge is -2.40. The minimum absolute atomic E-state index is 0.0301. The fourth-order valence-corrected chi connectivity index (χ4v) is 3.60. The van der Waals surface area contributed by atoms with Crippen LogP contribution in [0.25, 0.3) is 11.3 Å². The van der Waals surface area contributed by atoms with Crippen LogP contribution in [0.2, 0.25) is 0 Å². The van der Waals surface area contributed by atoms with Gasteiger partial charge in [-0.25, -0.2) is 0 Å². The van der Waals surface area contributed by atoms with Crippen LogP contribution < -0.4 is 4.90 Å². The SMILES string of the molecule is CC(C)(C)O.CC(C)OC=O.CCc1c(C)ncc(-c2ccc(O)cn2)c1N1CCC(C)(C)CC1. The van der Waals surface area contributed by atoms with E-state index in [-0.39, 0.29) is 11.9 Å². The van der Waals surface area contributed by atoms with Gasteiger partial charge in [-0.05, 0) is 83.9 Å². The number of pyridine rings is 2. The summed E-state index contributed by atoms with van der Waals surface area (Å²) >= 11 is 0. The normalized spacial score (nSPS) is 14.9. The predicted octanol–water partition coefficient (Wildman–Crippen LogP) is 5.69. The molecule has 1 aliphatic rings. The maximum atomic E-state index is 9.54. The fraction of sp³-hybridized carbons (Fsp3) is 0.607. The third-order valence-electron chi connectivity index (χ3n) is 5.50. The molecule has 0 amide bonds. The quantitative estimate of drug-likeness (QED) is 0.523. The van der Waals surface area contributed by atoms with E-state index in [1.165, 1.54) is 30.3 Å². The first-order chi connectivity index (χ1) is 16.2. The number of anilines is 1. The van der Waals surface area contributed by atoms with Crippen molar-refractivity contribution in [2.75, 3.05) is 18.0 Å². The van der Waals surface area contributed by atoms with Gasteiger partial charge in [0.1, 0.15) is 5.75 Å². The Morgan fingerprint density at radius 1 is 1.14 bits per heavy atom. The van der Waals surface area contributed by atoms with Crippen molar-refractivity contribution in [3.63, 3.8) is 0 Å². The van der Waals surface area contributed by atoms with Crippen molar-refractivity contribution in [3.05, 3.63) is 35.8 Å². The summed E-state index contributed by atoms with van der Waals surface area (Å²) in [6.45, 7) is 20.4. The highest BCUT2D eigenvalue weighted by molar-refractivity contribution is 5.79. The third kappa shape index (κ3) is 11.1. The number of hydrogen-bond donors (Lipinski definition) is 2. The number of aromatic nitrogens is 2. The number of carbonyl (C=O) groups is 1. The molecule has 0 aliphatic carbocycles. The summed E-state index contributed by atoms with van der Waals surface area (Å²) in [5.41, 5.74) is 5.54. The molecule has 35 heavy (non-hydrogen) atoms. The number of carbonyl (C=O) groups excluding carboxylic acids is 1. The molecule has 1 aliphatic heterocycles. The van der Waals surface area contributed by atoms with Crippen LogP contribution in [0.1, 0.15) is 79.5 Å². The summed E-state index contributed by atoms with van der Waals surface area (Å²) in [6, 6.07) is 3.56. The van der Waals surface area contributed by atoms with Gasteiger partial charge in [0.2, 0.25) is 0 Å². The molecule has 2 N–H and O–H groups in total. The third-order valence-corrected chi connectivity index (χ3v) is 5.50. The van der Waals surface area contributed by atoms with Crippen molar-refractivity contribution in [1.82, 2.24) is 9.97 Å². The maximum Gasteiger partial charge on any atom is 0.293 e. The van der Waals surface area contributed by atoms with Crippen LogP contribution in [0.4, 0.5) is 5.69 Å². The second-order valence-corrected chi connectivity index (χ2v) is 10.9. The highest BCUT2D eigenvalue weighted by atomic mass is 16.5. The first-order valence-corrected chi connectivity index (χ1v) is 12.4. The Morgan fingerprint density at radius 3 is 2.11 bits per heavy atom. The number of aliphatic hydroxyl groups is 1. The van der Waals surface area contributed by atoms with Crippen molar-refractivity contribution in [3.8, 4) is 17.0 Å². The van der Waals surface area contributed by atoms with Crippen LogP contribution >= 0.6 is 0 Å². The molecule has 0 unspecified atom stereocenters. The molecule has 0 saturated carbocycles. The van der Waals surface area contributed by atoms with Gasteiger partial charge in [0.05, 0.1) is 29.3 Å². The first-order valence-electron chi connectivity index (χ1n) is 12.4. The molecule has 0 spiro atoms. The van der Waals surface area contributed by atoms with Gasteiger partial charge in [-0.2, -0.15) is 0 Å². The van der Waals surface area contributed by atoms with E-state index in [1.807, 2.05) is 12.3 Å². The van der Waals surface area contributed by atoms with E-state index < -0.39 is 5.60 Å². The van der Waals surface area contributed by atoms with Crippen molar-refractivity contribution >= 4 is 12.2 Å². The highest BCUT2D eigenvalue weighted by Gasteiger charge is 2.28. The van der Waals surface area contributed by atoms with Crippen molar-refractivity contribution in [2.24, 2.45) is 5.41 Å². The molecule has 0 bridgehead atoms. The second kappa shape index (κ2) is 13.4. The number of aromatic hydroxyl groups is 1. The summed E-state index contributed by atoms with van der Waals surface area (Å²) in [5.74, 6) is 0.191. The van der Waals surface area contributed by atoms with Crippen molar-refractivity contribution in [1.29, 1.82) is 0 Å². The predicted molar refractivity (Wildman–Crippen MR) is 143 cm³/mol. The Bertz CT molecular complexity index is 903. The Labute approximate surface area is 211 Å². The molecule has 3 rings (SSSR count). The lowest BCUT2D eigenvalue weighted by atomic mass is 9.82. The second-order valence-electron chi connectivity index (χ2n) is 10.9. The zero-order valence-electron chi connectivity index (χ0n) is 23.1. The van der Waals surface area contributed by atoms with Crippen LogP contribution in [0, 0.1) is 12.3 Å². The van der Waals surface area contributed by atoms with E-state index in [2.05, 4.69) is 47.3 Å². The smallest absolute Gasteiger partial charge is 0.293 e. The molecule has 2 aromatic rings. The summed E-state index contributed by atoms with van der Waals surface area (Å²) in [5, 5.41) is 18.1. The van der Waals surface area contributed by atoms with Gasteiger partial charge in [0.15, 0.2) is 0 Å². The Morgan fingerprint density at radius 2 is 1.71 bits per heavy atom. The summed E-state index contributed by atoms with van der Waals surface area (Å²) in [4.78, 5) is 20.9. The molecule has 0 radical (unpaired) electrons. The molecule has 2 aromatic heterocycles. The van der Waals surface area contributed by atoms with Crippen LogP contribution in [0.5, 0.6) is 5.75 Å². The van der Waals surface area contributed by atoms with E-state index in [9.17, 15) is 9.90 Å². The lowest BCUT2D eigenvalue weighted by molar-refractivity contribution is -0.131. The van der Waals surface area contributed by atoms with E-state index in [4.69, 9.17) is 5.11 Å². The molecule has 7 nitrogen and oxygen atoms in total. The average Bonchev–Trinajstić information content (AvgIpc) is 2.73. The lowest BCUT2D eigenvalue weighted by Crippen LogP contribution is -2.38. The Kier molecular flexibility index (Phi) is 11.6. The highest BCUT2D eigenvalue weighted by Crippen LogP contribution is 2.39. The summed E-state index contributed by atoms with van der Waals surface area (Å²) in [7, 11) is 0. The molecular formula is C28H45N3O4. The van der Waals surface area contributed by atoms with Gasteiger partial charge in [0.25, 0.3) is 6.47 Å². The van der Waals surface area contributed by atoms with Crippen molar-refractivity contribution in [2.45, 2.75) is 93.3 Å². The van der Waals surface area contributed by atoms with Crippen molar-refractivity contribution < 1.29 is 19.7 Å². The topological polar surface area (TPSA) is 95.8 Å². The van der Waals surface area contributed by atoms with Gasteiger partial charge in [0, 0.05) is 30.5 Å². The fourth-order valence-electron chi connectivity index (χ4n) is 3.60. The van der Waals surface area contributed by atoms with Crippen LogP contribution in [-0.2, 0) is 16.0 Å². The van der Waals surface area contributed by atoms with Gasteiger partial charge in [-0.15, -0.1) is 0 Å². The zero-order chi connectivity index (χ0) is 26.8. The Hall–Kier alpha value is -2.67. The van der Waals surface area contributed by atoms with Gasteiger partial charge in [-0.3, -0.25) is 14.8 Å². The molecule has 0 atom stereocenters. The molecule has 3 heterocycles. The van der Waals surface area contributed by atoms with Gasteiger partial charge >= 0.3 is 0 Å². The van der Waals surface area contributed by atoms with Crippen LogP contribution in [0.3, 0.4) is 0 Å². The van der Waals surface area contributed by atoms with E-state index in [1.54, 1.807) is 40.7 Å². The minimum atomic E-state index is -0.500. The number of rotatable bonds is 5. The monoisotopic (exact) mass is 487 g/mol. The molecule has 0 aromatic carbocycles. The van der Waals surface area contributed by atoms with Gasteiger partial charge in [-0.1, -0.05) is 20.8 Å². The van der Waals surface area contributed by atoms with Crippen LogP contribution in [-0.4, -0.2) is 51.4 Å². The molecule has 1 saturated heterocycles. The first kappa shape index (κ1) is 30.4. The molecular weight excluding hydrogens is 442 g/mol. The zero-order valence-corrected chi connectivity index (χ0v) is 23.1. The van der Waals surface area contributed by atoms with E-state index in [0.29, 0.717) is 11.9 Å². The maximum absolute atomic E-state index is 9.54. The van der Waals surface area contributed by atoms with E-state index >= 15 is 0 Å². The number of hydrogen-bond acceptors (Lipinski definition) is 7. The molecule has 7 heteroatoms. The minimum Gasteiger partial charge on any atom is -0.506 e. The number of nitrogens with zero attached hydrogens (tertiary/aromatic N) is 3. The number of aryl methyl sites for hydroxylation is 1. The standard InChI is InChI=1S/C20H27N3O.C4H8O2.C4H10O/c1-5-16-14(2)21-13-17(18-7-6-15(24)12-22-18)19(16)23-10-8-20(3,4)9-11-23;1-4(2)6-3-5;1-4(2,3)5/h6-7,12-13,24H,5,8-11H2,1-4H3;3-4H,1-2H3;5H,1-3H3. The van der Waals surface area contributed by atoms with Crippen LogP contribution in [0.15, 0.2) is 24.5 Å². The molecule has 196 valence electrons. The summed E-state index contributed by atoms with van der Waals surface area (Å²) in [6.07, 6.45) is 6.81. The summed E-state index contributed by atoms with van der Waals surface area (Å²) < 4.78 is 4.36. The Balaban J connectivity index is 0.000000467.